The van der Waals surface area contributed by atoms with Crippen LogP contribution in [0.2, 0.25) is 0 Å². The van der Waals surface area contributed by atoms with E-state index in [-0.39, 0.29) is 6.04 Å². The zero-order valence-electron chi connectivity index (χ0n) is 11.1. The smallest absolute Gasteiger partial charge is 0.160 e. The lowest BCUT2D eigenvalue weighted by atomic mass is 10.1. The SMILES string of the molecule is NC(c1ccccc1)c1nc2cccnc2n1C1CC1. The molecule has 0 amide bonds. The van der Waals surface area contributed by atoms with E-state index in [4.69, 9.17) is 10.7 Å². The number of pyridine rings is 1. The normalized spacial score (nSPS) is 16.4. The van der Waals surface area contributed by atoms with Gasteiger partial charge in [-0.05, 0) is 30.5 Å². The first-order chi connectivity index (χ1) is 9.84. The molecule has 0 spiro atoms. The molecule has 2 heterocycles. The first kappa shape index (κ1) is 11.6. The summed E-state index contributed by atoms with van der Waals surface area (Å²) in [5.74, 6) is 0.924. The van der Waals surface area contributed by atoms with Crippen molar-refractivity contribution in [2.24, 2.45) is 5.73 Å². The molecule has 1 fully saturated rings. The summed E-state index contributed by atoms with van der Waals surface area (Å²) in [7, 11) is 0. The largest absolute Gasteiger partial charge is 0.318 e. The highest BCUT2D eigenvalue weighted by Crippen LogP contribution is 2.39. The van der Waals surface area contributed by atoms with Crippen LogP contribution < -0.4 is 5.73 Å². The Kier molecular flexibility index (Phi) is 2.57. The van der Waals surface area contributed by atoms with Gasteiger partial charge < -0.3 is 10.3 Å². The molecule has 2 N–H and O–H groups in total. The van der Waals surface area contributed by atoms with Crippen LogP contribution in [-0.2, 0) is 0 Å². The second kappa shape index (κ2) is 4.42. The minimum Gasteiger partial charge on any atom is -0.318 e. The Balaban J connectivity index is 1.89. The lowest BCUT2D eigenvalue weighted by Gasteiger charge is -2.14. The number of hydrogen-bond acceptors (Lipinski definition) is 3. The monoisotopic (exact) mass is 264 g/mol. The Morgan fingerprint density at radius 1 is 1.10 bits per heavy atom. The van der Waals surface area contributed by atoms with Crippen LogP contribution in [0.25, 0.3) is 11.2 Å². The topological polar surface area (TPSA) is 56.7 Å². The molecule has 100 valence electrons. The number of imidazole rings is 1. The van der Waals surface area contributed by atoms with Crippen LogP contribution in [0.15, 0.2) is 48.7 Å². The van der Waals surface area contributed by atoms with Crippen molar-refractivity contribution in [1.29, 1.82) is 0 Å². The Labute approximate surface area is 117 Å². The maximum atomic E-state index is 6.44. The van der Waals surface area contributed by atoms with Gasteiger partial charge in [0.25, 0.3) is 0 Å². The van der Waals surface area contributed by atoms with E-state index in [1.165, 1.54) is 12.8 Å². The number of aromatic nitrogens is 3. The second-order valence-electron chi connectivity index (χ2n) is 5.31. The van der Waals surface area contributed by atoms with E-state index < -0.39 is 0 Å². The van der Waals surface area contributed by atoms with Gasteiger partial charge in [0.05, 0.1) is 6.04 Å². The van der Waals surface area contributed by atoms with Gasteiger partial charge in [-0.2, -0.15) is 0 Å². The highest BCUT2D eigenvalue weighted by Gasteiger charge is 2.30. The van der Waals surface area contributed by atoms with E-state index in [0.717, 1.165) is 22.6 Å². The molecular weight excluding hydrogens is 248 g/mol. The first-order valence-electron chi connectivity index (χ1n) is 6.98. The maximum absolute atomic E-state index is 6.44. The zero-order chi connectivity index (χ0) is 13.5. The summed E-state index contributed by atoms with van der Waals surface area (Å²) in [6.07, 6.45) is 4.20. The summed E-state index contributed by atoms with van der Waals surface area (Å²) >= 11 is 0. The number of rotatable bonds is 3. The molecular formula is C16H16N4. The number of benzene rings is 1. The lowest BCUT2D eigenvalue weighted by Crippen LogP contribution is -2.17. The van der Waals surface area contributed by atoms with Gasteiger partial charge in [0, 0.05) is 12.2 Å². The van der Waals surface area contributed by atoms with Gasteiger partial charge in [-0.1, -0.05) is 30.3 Å². The molecule has 1 aliphatic carbocycles. The van der Waals surface area contributed by atoms with Crippen molar-refractivity contribution in [3.63, 3.8) is 0 Å². The van der Waals surface area contributed by atoms with Crippen LogP contribution >= 0.6 is 0 Å². The van der Waals surface area contributed by atoms with Gasteiger partial charge in [-0.3, -0.25) is 0 Å². The molecule has 3 aromatic rings. The van der Waals surface area contributed by atoms with E-state index in [2.05, 4.69) is 21.7 Å². The summed E-state index contributed by atoms with van der Waals surface area (Å²) in [6, 6.07) is 14.4. The van der Waals surface area contributed by atoms with Crippen LogP contribution in [0.4, 0.5) is 0 Å². The second-order valence-corrected chi connectivity index (χ2v) is 5.31. The van der Waals surface area contributed by atoms with Crippen molar-refractivity contribution < 1.29 is 0 Å². The Morgan fingerprint density at radius 3 is 2.65 bits per heavy atom. The van der Waals surface area contributed by atoms with Crippen molar-refractivity contribution in [1.82, 2.24) is 14.5 Å². The van der Waals surface area contributed by atoms with Crippen LogP contribution in [0.3, 0.4) is 0 Å². The van der Waals surface area contributed by atoms with Gasteiger partial charge >= 0.3 is 0 Å². The third kappa shape index (κ3) is 1.80. The van der Waals surface area contributed by atoms with Crippen LogP contribution in [0.5, 0.6) is 0 Å². The van der Waals surface area contributed by atoms with Gasteiger partial charge in [-0.25, -0.2) is 9.97 Å². The fraction of sp³-hybridized carbons (Fsp3) is 0.250. The van der Waals surface area contributed by atoms with Gasteiger partial charge in [-0.15, -0.1) is 0 Å². The number of nitrogens with two attached hydrogens (primary N) is 1. The molecule has 0 saturated heterocycles. The van der Waals surface area contributed by atoms with Crippen LogP contribution in [0, 0.1) is 0 Å². The highest BCUT2D eigenvalue weighted by atomic mass is 15.2. The van der Waals surface area contributed by atoms with E-state index >= 15 is 0 Å². The molecule has 1 saturated carbocycles. The predicted molar refractivity (Wildman–Crippen MR) is 78.3 cm³/mol. The Morgan fingerprint density at radius 2 is 1.90 bits per heavy atom. The first-order valence-corrected chi connectivity index (χ1v) is 6.98. The molecule has 0 aliphatic heterocycles. The summed E-state index contributed by atoms with van der Waals surface area (Å²) in [5, 5.41) is 0. The summed E-state index contributed by atoms with van der Waals surface area (Å²) in [6.45, 7) is 0. The standard InChI is InChI=1S/C16H16N4/c17-14(11-5-2-1-3-6-11)16-19-13-7-4-10-18-15(13)20(16)12-8-9-12/h1-7,10,12,14H,8-9,17H2. The van der Waals surface area contributed by atoms with E-state index in [0.29, 0.717) is 6.04 Å². The Bertz CT molecular complexity index is 744. The summed E-state index contributed by atoms with van der Waals surface area (Å²) in [4.78, 5) is 9.21. The third-order valence-corrected chi connectivity index (χ3v) is 3.82. The molecule has 1 aliphatic rings. The van der Waals surface area contributed by atoms with Crippen LogP contribution in [-0.4, -0.2) is 14.5 Å². The van der Waals surface area contributed by atoms with Crippen molar-refractivity contribution in [3.8, 4) is 0 Å². The summed E-state index contributed by atoms with van der Waals surface area (Å²) in [5.41, 5.74) is 9.41. The molecule has 4 rings (SSSR count). The number of hydrogen-bond donors (Lipinski definition) is 1. The number of nitrogens with zero attached hydrogens (tertiary/aromatic N) is 3. The van der Waals surface area contributed by atoms with Crippen molar-refractivity contribution in [2.45, 2.75) is 24.9 Å². The van der Waals surface area contributed by atoms with Crippen molar-refractivity contribution >= 4 is 11.2 Å². The minimum atomic E-state index is -0.203. The molecule has 2 aromatic heterocycles. The van der Waals surface area contributed by atoms with Gasteiger partial charge in [0.1, 0.15) is 11.3 Å². The molecule has 0 bridgehead atoms. The van der Waals surface area contributed by atoms with E-state index in [1.54, 1.807) is 0 Å². The summed E-state index contributed by atoms with van der Waals surface area (Å²) < 4.78 is 2.23. The average molecular weight is 264 g/mol. The molecule has 4 nitrogen and oxygen atoms in total. The fourth-order valence-electron chi connectivity index (χ4n) is 2.67. The number of fused-ring (bicyclic) bond motifs is 1. The lowest BCUT2D eigenvalue weighted by molar-refractivity contribution is 0.655. The minimum absolute atomic E-state index is 0.203. The van der Waals surface area contributed by atoms with Crippen molar-refractivity contribution in [3.05, 3.63) is 60.0 Å². The van der Waals surface area contributed by atoms with Crippen LogP contribution in [0.1, 0.15) is 36.3 Å². The van der Waals surface area contributed by atoms with Crippen molar-refractivity contribution in [2.75, 3.05) is 0 Å². The zero-order valence-corrected chi connectivity index (χ0v) is 11.1. The van der Waals surface area contributed by atoms with Gasteiger partial charge in [0.2, 0.25) is 0 Å². The average Bonchev–Trinajstić information content (AvgIpc) is 3.27. The van der Waals surface area contributed by atoms with E-state index in [1.807, 2.05) is 36.5 Å². The quantitative estimate of drug-likeness (QED) is 0.791. The molecule has 1 unspecified atom stereocenters. The maximum Gasteiger partial charge on any atom is 0.160 e. The molecule has 1 aromatic carbocycles. The molecule has 4 heteroatoms. The fourth-order valence-corrected chi connectivity index (χ4v) is 2.67. The molecule has 20 heavy (non-hydrogen) atoms. The Hall–Kier alpha value is -2.20. The van der Waals surface area contributed by atoms with E-state index in [9.17, 15) is 0 Å². The third-order valence-electron chi connectivity index (χ3n) is 3.82. The molecule has 0 radical (unpaired) electrons. The predicted octanol–water partition coefficient (Wildman–Crippen LogP) is 2.81. The van der Waals surface area contributed by atoms with Gasteiger partial charge in [0.15, 0.2) is 5.65 Å². The highest BCUT2D eigenvalue weighted by molar-refractivity contribution is 5.72. The molecule has 1 atom stereocenters.